The van der Waals surface area contributed by atoms with Crippen molar-refractivity contribution in [3.05, 3.63) is 59.0 Å². The van der Waals surface area contributed by atoms with Gasteiger partial charge < -0.3 is 9.26 Å². The van der Waals surface area contributed by atoms with Gasteiger partial charge in [0.05, 0.1) is 17.7 Å². The molecule has 0 amide bonds. The van der Waals surface area contributed by atoms with Crippen LogP contribution >= 0.6 is 0 Å². The summed E-state index contributed by atoms with van der Waals surface area (Å²) in [5.41, 5.74) is 0.268. The number of aromatic nitrogens is 1. The second kappa shape index (κ2) is 6.94. The SMILES string of the molecule is COc1ccc(-c2[nH]oc(=O)c2N=Nc2cccc(S(=O)(=O)O)c2)cc1. The Morgan fingerprint density at radius 1 is 1.12 bits per heavy atom. The lowest BCUT2D eigenvalue weighted by Gasteiger charge is -2.01. The molecule has 0 unspecified atom stereocenters. The van der Waals surface area contributed by atoms with Crippen molar-refractivity contribution in [1.82, 2.24) is 5.16 Å². The van der Waals surface area contributed by atoms with Gasteiger partial charge in [-0.3, -0.25) is 4.55 Å². The number of rotatable bonds is 5. The standard InChI is InChI=1S/C16H13N3O6S/c1-24-12-7-5-10(6-8-12)14-15(16(20)25-19-14)18-17-11-3-2-4-13(9-11)26(21,22)23/h2-9,19H,1H3,(H,21,22,23). The first-order valence-corrected chi connectivity index (χ1v) is 8.67. The first kappa shape index (κ1) is 17.6. The third-order valence-electron chi connectivity index (χ3n) is 3.44. The minimum absolute atomic E-state index is 0.0765. The fraction of sp³-hybridized carbons (Fsp3) is 0.0625. The number of H-pyrrole nitrogens is 1. The summed E-state index contributed by atoms with van der Waals surface area (Å²) < 4.78 is 41.2. The summed E-state index contributed by atoms with van der Waals surface area (Å²) >= 11 is 0. The van der Waals surface area contributed by atoms with Gasteiger partial charge in [-0.15, -0.1) is 5.11 Å². The highest BCUT2D eigenvalue weighted by atomic mass is 32.2. The number of aromatic amines is 1. The Morgan fingerprint density at radius 2 is 1.85 bits per heavy atom. The minimum atomic E-state index is -4.36. The van der Waals surface area contributed by atoms with Crippen LogP contribution in [0.4, 0.5) is 11.4 Å². The molecule has 1 heterocycles. The van der Waals surface area contributed by atoms with E-state index in [4.69, 9.17) is 13.8 Å². The molecule has 10 heteroatoms. The summed E-state index contributed by atoms with van der Waals surface area (Å²) in [5.74, 6) is 0.643. The molecule has 0 aliphatic carbocycles. The molecule has 26 heavy (non-hydrogen) atoms. The molecule has 9 nitrogen and oxygen atoms in total. The number of ether oxygens (including phenoxy) is 1. The fourth-order valence-corrected chi connectivity index (χ4v) is 2.67. The number of methoxy groups -OCH3 is 1. The lowest BCUT2D eigenvalue weighted by atomic mass is 10.1. The normalized spacial score (nSPS) is 11.8. The molecule has 3 rings (SSSR count). The smallest absolute Gasteiger partial charge is 0.385 e. The largest absolute Gasteiger partial charge is 0.497 e. The third-order valence-corrected chi connectivity index (χ3v) is 4.29. The molecule has 134 valence electrons. The highest BCUT2D eigenvalue weighted by molar-refractivity contribution is 7.85. The van der Waals surface area contributed by atoms with E-state index in [9.17, 15) is 13.2 Å². The predicted octanol–water partition coefficient (Wildman–Crippen LogP) is 3.31. The lowest BCUT2D eigenvalue weighted by molar-refractivity contribution is 0.394. The fourth-order valence-electron chi connectivity index (χ4n) is 2.15. The van der Waals surface area contributed by atoms with Crippen LogP contribution in [0.1, 0.15) is 0 Å². The topological polar surface area (TPSA) is 134 Å². The van der Waals surface area contributed by atoms with Crippen LogP contribution in [0.15, 0.2) is 73.0 Å². The number of nitrogens with zero attached hydrogens (tertiary/aromatic N) is 2. The molecular formula is C16H13N3O6S. The van der Waals surface area contributed by atoms with E-state index in [1.807, 2.05) is 0 Å². The van der Waals surface area contributed by atoms with Crippen LogP contribution in [0.25, 0.3) is 11.3 Å². The van der Waals surface area contributed by atoms with Crippen molar-refractivity contribution >= 4 is 21.5 Å². The van der Waals surface area contributed by atoms with Gasteiger partial charge in [0.15, 0.2) is 5.69 Å². The number of benzene rings is 2. The maximum Gasteiger partial charge on any atom is 0.385 e. The predicted molar refractivity (Wildman–Crippen MR) is 91.7 cm³/mol. The summed E-state index contributed by atoms with van der Waals surface area (Å²) in [5, 5.41) is 10.2. The van der Waals surface area contributed by atoms with Gasteiger partial charge in [-0.2, -0.15) is 13.5 Å². The van der Waals surface area contributed by atoms with E-state index in [0.29, 0.717) is 17.0 Å². The quantitative estimate of drug-likeness (QED) is 0.519. The zero-order valence-corrected chi connectivity index (χ0v) is 14.2. The third kappa shape index (κ3) is 3.71. The maximum absolute atomic E-state index is 11.9. The van der Waals surface area contributed by atoms with Crippen molar-refractivity contribution in [1.29, 1.82) is 0 Å². The number of nitrogens with one attached hydrogen (secondary N) is 1. The average molecular weight is 375 g/mol. The van der Waals surface area contributed by atoms with Gasteiger partial charge in [-0.1, -0.05) is 6.07 Å². The second-order valence-electron chi connectivity index (χ2n) is 5.12. The molecule has 2 aromatic carbocycles. The van der Waals surface area contributed by atoms with E-state index in [0.717, 1.165) is 6.07 Å². The highest BCUT2D eigenvalue weighted by Gasteiger charge is 2.14. The van der Waals surface area contributed by atoms with Gasteiger partial charge in [0.1, 0.15) is 11.4 Å². The van der Waals surface area contributed by atoms with Crippen molar-refractivity contribution in [2.75, 3.05) is 7.11 Å². The molecule has 2 N–H and O–H groups in total. The molecule has 0 aliphatic heterocycles. The summed E-state index contributed by atoms with van der Waals surface area (Å²) in [7, 11) is -2.83. The van der Waals surface area contributed by atoms with Crippen molar-refractivity contribution in [3.8, 4) is 17.0 Å². The van der Waals surface area contributed by atoms with E-state index in [2.05, 4.69) is 15.4 Å². The lowest BCUT2D eigenvalue weighted by Crippen LogP contribution is -1.96. The van der Waals surface area contributed by atoms with E-state index in [1.165, 1.54) is 25.3 Å². The van der Waals surface area contributed by atoms with E-state index in [1.54, 1.807) is 24.3 Å². The van der Waals surface area contributed by atoms with Crippen molar-refractivity contribution < 1.29 is 22.2 Å². The van der Waals surface area contributed by atoms with Gasteiger partial charge >= 0.3 is 5.63 Å². The van der Waals surface area contributed by atoms with E-state index < -0.39 is 15.7 Å². The first-order chi connectivity index (χ1) is 12.4. The zero-order chi connectivity index (χ0) is 18.7. The second-order valence-corrected chi connectivity index (χ2v) is 6.54. The summed E-state index contributed by atoms with van der Waals surface area (Å²) in [6.07, 6.45) is 0. The van der Waals surface area contributed by atoms with Crippen molar-refractivity contribution in [3.63, 3.8) is 0 Å². The van der Waals surface area contributed by atoms with Gasteiger partial charge in [-0.05, 0) is 42.5 Å². The molecule has 0 radical (unpaired) electrons. The highest BCUT2D eigenvalue weighted by Crippen LogP contribution is 2.29. The molecule has 0 spiro atoms. The van der Waals surface area contributed by atoms with Crippen LogP contribution < -0.4 is 10.4 Å². The first-order valence-electron chi connectivity index (χ1n) is 7.23. The Kier molecular flexibility index (Phi) is 4.69. The Balaban J connectivity index is 1.97. The van der Waals surface area contributed by atoms with Gasteiger partial charge in [0.2, 0.25) is 0 Å². The van der Waals surface area contributed by atoms with Crippen molar-refractivity contribution in [2.45, 2.75) is 4.90 Å². The molecule has 1 aromatic heterocycles. The van der Waals surface area contributed by atoms with Crippen LogP contribution in [0.3, 0.4) is 0 Å². The van der Waals surface area contributed by atoms with Crippen LogP contribution in [0.2, 0.25) is 0 Å². The molecule has 0 aliphatic rings. The average Bonchev–Trinajstić information content (AvgIpc) is 3.00. The summed E-state index contributed by atoms with van der Waals surface area (Å²) in [6, 6.07) is 12.0. The van der Waals surface area contributed by atoms with Gasteiger partial charge in [0.25, 0.3) is 10.1 Å². The summed E-state index contributed by atoms with van der Waals surface area (Å²) in [4.78, 5) is 11.5. The van der Waals surface area contributed by atoms with Crippen LogP contribution in [-0.2, 0) is 10.1 Å². The molecule has 0 fully saturated rings. The van der Waals surface area contributed by atoms with Crippen LogP contribution in [0, 0.1) is 0 Å². The Hall–Kier alpha value is -3.24. The molecule has 3 aromatic rings. The van der Waals surface area contributed by atoms with E-state index >= 15 is 0 Å². The molecule has 0 atom stereocenters. The minimum Gasteiger partial charge on any atom is -0.497 e. The number of hydrogen-bond donors (Lipinski definition) is 2. The molecule has 0 saturated heterocycles. The zero-order valence-electron chi connectivity index (χ0n) is 13.4. The van der Waals surface area contributed by atoms with Gasteiger partial charge in [0, 0.05) is 5.56 Å². The van der Waals surface area contributed by atoms with Crippen molar-refractivity contribution in [2.24, 2.45) is 10.2 Å². The van der Waals surface area contributed by atoms with Crippen LogP contribution in [-0.4, -0.2) is 25.2 Å². The monoisotopic (exact) mass is 375 g/mol. The Bertz CT molecular complexity index is 1110. The summed E-state index contributed by atoms with van der Waals surface area (Å²) in [6.45, 7) is 0. The molecule has 0 saturated carbocycles. The maximum atomic E-state index is 11.9. The van der Waals surface area contributed by atoms with E-state index in [-0.39, 0.29) is 16.3 Å². The Labute approximate surface area is 147 Å². The molecular weight excluding hydrogens is 362 g/mol. The van der Waals surface area contributed by atoms with Gasteiger partial charge in [-0.25, -0.2) is 9.95 Å². The van der Waals surface area contributed by atoms with Crippen LogP contribution in [0.5, 0.6) is 5.75 Å². The molecule has 0 bridgehead atoms. The Morgan fingerprint density at radius 3 is 2.50 bits per heavy atom. The number of hydrogen-bond acceptors (Lipinski definition) is 7. The number of azo groups is 1.